The molecule has 0 amide bonds. The van der Waals surface area contributed by atoms with Crippen LogP contribution >= 0.6 is 12.4 Å². The van der Waals surface area contributed by atoms with Gasteiger partial charge in [-0.25, -0.2) is 8.78 Å². The summed E-state index contributed by atoms with van der Waals surface area (Å²) in [6, 6.07) is 15.6. The number of nitrogens with zero attached hydrogens (tertiary/aromatic N) is 2. The molecule has 1 atom stereocenters. The van der Waals surface area contributed by atoms with Gasteiger partial charge in [0, 0.05) is 23.2 Å². The second kappa shape index (κ2) is 10.3. The number of aliphatic carboxylic acids is 1. The van der Waals surface area contributed by atoms with E-state index in [1.807, 2.05) is 6.07 Å². The maximum Gasteiger partial charge on any atom is 0.306 e. The zero-order valence-corrected chi connectivity index (χ0v) is 21.4. The third-order valence-electron chi connectivity index (χ3n) is 7.53. The minimum atomic E-state index is -0.709. The maximum absolute atomic E-state index is 14.3. The smallest absolute Gasteiger partial charge is 0.306 e. The number of carbonyl (C=O) groups is 1. The fraction of sp³-hybridized carbons (Fsp3) is 0.276. The number of aromatic nitrogens is 2. The quantitative estimate of drug-likeness (QED) is 0.291. The summed E-state index contributed by atoms with van der Waals surface area (Å²) >= 11 is 0. The number of carboxylic acid groups (broad SMARTS) is 1. The van der Waals surface area contributed by atoms with Gasteiger partial charge < -0.3 is 14.9 Å². The number of hydrogen-bond donors (Lipinski definition) is 2. The first kappa shape index (κ1) is 26.0. The molecule has 1 heterocycles. The molecule has 6 rings (SSSR count). The minimum Gasteiger partial charge on any atom is -0.481 e. The fourth-order valence-corrected chi connectivity index (χ4v) is 5.46. The zero-order chi connectivity index (χ0) is 25.7. The van der Waals surface area contributed by atoms with Crippen molar-refractivity contribution in [3.8, 4) is 34.0 Å². The Labute approximate surface area is 224 Å². The maximum atomic E-state index is 14.3. The number of halogens is 3. The first-order valence-electron chi connectivity index (χ1n) is 12.4. The molecule has 0 aliphatic heterocycles. The van der Waals surface area contributed by atoms with Gasteiger partial charge in [-0.05, 0) is 85.2 Å². The van der Waals surface area contributed by atoms with E-state index in [-0.39, 0.29) is 36.0 Å². The predicted octanol–water partition coefficient (Wildman–Crippen LogP) is 6.52. The molecule has 2 aliphatic carbocycles. The van der Waals surface area contributed by atoms with Gasteiger partial charge in [0.05, 0.1) is 11.5 Å². The van der Waals surface area contributed by atoms with Crippen molar-refractivity contribution >= 4 is 18.4 Å². The average Bonchev–Trinajstić information content (AvgIpc) is 3.49. The summed E-state index contributed by atoms with van der Waals surface area (Å²) in [4.78, 5) is 15.6. The number of carboxylic acids is 1. The van der Waals surface area contributed by atoms with Crippen molar-refractivity contribution in [1.29, 1.82) is 0 Å². The van der Waals surface area contributed by atoms with Crippen LogP contribution in [0.2, 0.25) is 0 Å². The topological polar surface area (TPSA) is 88.2 Å². The molecule has 4 aromatic rings. The third kappa shape index (κ3) is 4.70. The van der Waals surface area contributed by atoms with E-state index in [0.717, 1.165) is 18.4 Å². The van der Waals surface area contributed by atoms with Crippen molar-refractivity contribution in [2.45, 2.75) is 44.7 Å². The van der Waals surface area contributed by atoms with Crippen LogP contribution in [0.15, 0.2) is 59.1 Å². The molecule has 196 valence electrons. The Morgan fingerprint density at radius 2 is 1.79 bits per heavy atom. The molecule has 38 heavy (non-hydrogen) atoms. The number of fused-ring (bicyclic) bond motifs is 1. The van der Waals surface area contributed by atoms with Gasteiger partial charge in [-0.15, -0.1) is 12.4 Å². The van der Waals surface area contributed by atoms with Crippen molar-refractivity contribution in [2.75, 3.05) is 0 Å². The molecule has 1 saturated carbocycles. The van der Waals surface area contributed by atoms with Crippen molar-refractivity contribution in [3.63, 3.8) is 0 Å². The van der Waals surface area contributed by atoms with Crippen LogP contribution in [-0.4, -0.2) is 27.3 Å². The first-order valence-corrected chi connectivity index (χ1v) is 12.4. The van der Waals surface area contributed by atoms with Crippen LogP contribution in [0.1, 0.15) is 42.0 Å². The molecule has 0 saturated heterocycles. The molecule has 2 N–H and O–H groups in total. The summed E-state index contributed by atoms with van der Waals surface area (Å²) in [5.74, 6) is -1.35. The van der Waals surface area contributed by atoms with E-state index in [1.165, 1.54) is 29.3 Å². The highest BCUT2D eigenvalue weighted by Gasteiger charge is 2.36. The molecule has 0 bridgehead atoms. The van der Waals surface area contributed by atoms with E-state index in [9.17, 15) is 13.6 Å². The second-order valence-electron chi connectivity index (χ2n) is 9.92. The first-order chi connectivity index (χ1) is 17.9. The summed E-state index contributed by atoms with van der Waals surface area (Å²) in [5, 5.41) is 16.9. The number of aryl methyl sites for hydroxylation is 2. The molecule has 0 spiro atoms. The van der Waals surface area contributed by atoms with Crippen molar-refractivity contribution in [1.82, 2.24) is 15.5 Å². The van der Waals surface area contributed by atoms with Crippen LogP contribution in [0.3, 0.4) is 0 Å². The Morgan fingerprint density at radius 1 is 1.05 bits per heavy atom. The molecule has 9 heteroatoms. The molecule has 1 unspecified atom stereocenters. The van der Waals surface area contributed by atoms with Crippen LogP contribution in [0.25, 0.3) is 34.0 Å². The van der Waals surface area contributed by atoms with E-state index >= 15 is 0 Å². The number of hydrogen-bond acceptors (Lipinski definition) is 5. The number of benzene rings is 3. The van der Waals surface area contributed by atoms with Gasteiger partial charge in [0.2, 0.25) is 5.82 Å². The van der Waals surface area contributed by atoms with Crippen LogP contribution in [-0.2, 0) is 11.2 Å². The van der Waals surface area contributed by atoms with Gasteiger partial charge in [-0.2, -0.15) is 4.98 Å². The lowest BCUT2D eigenvalue weighted by Gasteiger charge is -2.35. The lowest BCUT2D eigenvalue weighted by molar-refractivity contribution is -0.145. The monoisotopic (exact) mass is 537 g/mol. The van der Waals surface area contributed by atoms with E-state index in [1.54, 1.807) is 25.1 Å². The van der Waals surface area contributed by atoms with Crippen LogP contribution in [0.4, 0.5) is 8.78 Å². The Bertz CT molecular complexity index is 1500. The zero-order valence-electron chi connectivity index (χ0n) is 20.6. The fourth-order valence-electron chi connectivity index (χ4n) is 5.46. The summed E-state index contributed by atoms with van der Waals surface area (Å²) < 4.78 is 34.1. The lowest BCUT2D eigenvalue weighted by atomic mass is 9.80. The molecular weight excluding hydrogens is 512 g/mol. The molecule has 3 aromatic carbocycles. The minimum absolute atomic E-state index is 0. The average molecular weight is 538 g/mol. The summed E-state index contributed by atoms with van der Waals surface area (Å²) in [6.07, 6.45) is 3.26. The van der Waals surface area contributed by atoms with Crippen molar-refractivity contribution < 1.29 is 23.2 Å². The van der Waals surface area contributed by atoms with E-state index in [2.05, 4.69) is 27.6 Å². The van der Waals surface area contributed by atoms with E-state index < -0.39 is 17.6 Å². The Hall–Kier alpha value is -3.62. The Morgan fingerprint density at radius 3 is 2.50 bits per heavy atom. The molecule has 1 fully saturated rings. The van der Waals surface area contributed by atoms with E-state index in [4.69, 9.17) is 9.63 Å². The van der Waals surface area contributed by atoms with Gasteiger partial charge >= 0.3 is 5.97 Å². The molecule has 1 aromatic heterocycles. The van der Waals surface area contributed by atoms with Crippen LogP contribution in [0, 0.1) is 24.5 Å². The Kier molecular flexibility index (Phi) is 7.03. The third-order valence-corrected chi connectivity index (χ3v) is 7.53. The number of rotatable bonds is 6. The van der Waals surface area contributed by atoms with Gasteiger partial charge in [0.1, 0.15) is 11.6 Å². The van der Waals surface area contributed by atoms with Gasteiger partial charge in [0.25, 0.3) is 5.89 Å². The van der Waals surface area contributed by atoms with Crippen molar-refractivity contribution in [2.24, 2.45) is 5.92 Å². The SMILES string of the molecule is Cc1cc(-c2nc(-c3ccc4c(c3)CCC4NC3CC(C(=O)O)C3)no2)ccc1-c1c(F)cccc1F.Cl. The van der Waals surface area contributed by atoms with E-state index in [0.29, 0.717) is 41.2 Å². The molecular formula is C29H26ClF2N3O3. The molecule has 0 radical (unpaired) electrons. The Balaban J connectivity index is 0.00000294. The van der Waals surface area contributed by atoms with Crippen molar-refractivity contribution in [3.05, 3.63) is 82.9 Å². The normalized spacial score (nSPS) is 19.9. The summed E-state index contributed by atoms with van der Waals surface area (Å²) in [5.41, 5.74) is 5.09. The van der Waals surface area contributed by atoms with Gasteiger partial charge in [-0.3, -0.25) is 4.79 Å². The largest absolute Gasteiger partial charge is 0.481 e. The summed E-state index contributed by atoms with van der Waals surface area (Å²) in [7, 11) is 0. The molecule has 6 nitrogen and oxygen atoms in total. The van der Waals surface area contributed by atoms with Crippen LogP contribution < -0.4 is 5.32 Å². The van der Waals surface area contributed by atoms with Gasteiger partial charge in [0.15, 0.2) is 0 Å². The molecule has 2 aliphatic rings. The van der Waals surface area contributed by atoms with Crippen LogP contribution in [0.5, 0.6) is 0 Å². The highest BCUT2D eigenvalue weighted by Crippen LogP contribution is 2.38. The summed E-state index contributed by atoms with van der Waals surface area (Å²) in [6.45, 7) is 1.79. The van der Waals surface area contributed by atoms with Gasteiger partial charge in [-0.1, -0.05) is 29.4 Å². The highest BCUT2D eigenvalue weighted by atomic mass is 35.5. The standard InChI is InChI=1S/C29H25F2N3O3.ClH/c1-15-11-18(6-8-21(15)26-23(30)3-2-4-24(26)31)28-33-27(34-37-28)17-5-9-22-16(12-17)7-10-25(22)32-20-13-19(14-20)29(35)36;/h2-6,8-9,11-12,19-20,25,32H,7,10,13-14H2,1H3,(H,35,36);1H. The second-order valence-corrected chi connectivity index (χ2v) is 9.92. The lowest BCUT2D eigenvalue weighted by Crippen LogP contribution is -2.45. The number of nitrogens with one attached hydrogen (secondary N) is 1. The highest BCUT2D eigenvalue weighted by molar-refractivity contribution is 5.85. The predicted molar refractivity (Wildman–Crippen MR) is 141 cm³/mol.